The molecule has 1 aliphatic rings. The summed E-state index contributed by atoms with van der Waals surface area (Å²) in [7, 11) is 0. The van der Waals surface area contributed by atoms with Crippen LogP contribution in [0.1, 0.15) is 22.3 Å². The zero-order chi connectivity index (χ0) is 13.9. The van der Waals surface area contributed by atoms with Crippen LogP contribution in [-0.2, 0) is 19.5 Å². The van der Waals surface area contributed by atoms with Crippen molar-refractivity contribution in [2.45, 2.75) is 19.5 Å². The standard InChI is InChI=1S/C17H18N2S/c18-17(20)15-7-5-13(6-8-15)11-19-10-9-14-3-1-2-4-16(14)12-19/h1-8H,9-12H2,(H2,18,20). The highest BCUT2D eigenvalue weighted by Crippen LogP contribution is 2.20. The number of rotatable bonds is 3. The lowest BCUT2D eigenvalue weighted by Gasteiger charge is -2.28. The number of hydrogen-bond donors (Lipinski definition) is 1. The minimum atomic E-state index is 0.462. The molecule has 3 heteroatoms. The van der Waals surface area contributed by atoms with Gasteiger partial charge in [0.05, 0.1) is 0 Å². The van der Waals surface area contributed by atoms with Gasteiger partial charge in [0.2, 0.25) is 0 Å². The number of fused-ring (bicyclic) bond motifs is 1. The molecule has 0 atom stereocenters. The van der Waals surface area contributed by atoms with Gasteiger partial charge in [-0.1, -0.05) is 60.7 Å². The van der Waals surface area contributed by atoms with Crippen molar-refractivity contribution >= 4 is 17.2 Å². The van der Waals surface area contributed by atoms with Gasteiger partial charge in [0.1, 0.15) is 4.99 Å². The second-order valence-electron chi connectivity index (χ2n) is 5.29. The monoisotopic (exact) mass is 282 g/mol. The Morgan fingerprint density at radius 2 is 1.75 bits per heavy atom. The summed E-state index contributed by atoms with van der Waals surface area (Å²) in [5.74, 6) is 0. The molecule has 102 valence electrons. The van der Waals surface area contributed by atoms with Gasteiger partial charge in [-0.2, -0.15) is 0 Å². The molecule has 0 aromatic heterocycles. The van der Waals surface area contributed by atoms with E-state index in [1.165, 1.54) is 16.7 Å². The molecule has 0 saturated carbocycles. The predicted molar refractivity (Wildman–Crippen MR) is 86.6 cm³/mol. The van der Waals surface area contributed by atoms with Crippen LogP contribution in [0, 0.1) is 0 Å². The molecule has 0 bridgehead atoms. The highest BCUT2D eigenvalue weighted by atomic mass is 32.1. The van der Waals surface area contributed by atoms with Gasteiger partial charge in [-0.3, -0.25) is 4.90 Å². The molecule has 2 aromatic rings. The van der Waals surface area contributed by atoms with Gasteiger partial charge in [-0.15, -0.1) is 0 Å². The third-order valence-corrected chi connectivity index (χ3v) is 4.09. The molecule has 20 heavy (non-hydrogen) atoms. The van der Waals surface area contributed by atoms with E-state index in [2.05, 4.69) is 41.3 Å². The molecule has 0 spiro atoms. The van der Waals surface area contributed by atoms with Crippen molar-refractivity contribution in [2.24, 2.45) is 5.73 Å². The van der Waals surface area contributed by atoms with Crippen molar-refractivity contribution in [2.75, 3.05) is 6.54 Å². The molecule has 0 saturated heterocycles. The van der Waals surface area contributed by atoms with E-state index in [0.717, 1.165) is 31.6 Å². The zero-order valence-corrected chi connectivity index (χ0v) is 12.2. The van der Waals surface area contributed by atoms with Crippen LogP contribution < -0.4 is 5.73 Å². The summed E-state index contributed by atoms with van der Waals surface area (Å²) in [6.45, 7) is 3.13. The minimum Gasteiger partial charge on any atom is -0.389 e. The first-order chi connectivity index (χ1) is 9.72. The van der Waals surface area contributed by atoms with E-state index in [4.69, 9.17) is 18.0 Å². The Labute approximate surface area is 125 Å². The maximum atomic E-state index is 5.62. The van der Waals surface area contributed by atoms with Crippen LogP contribution in [0.5, 0.6) is 0 Å². The maximum Gasteiger partial charge on any atom is 0.103 e. The summed E-state index contributed by atoms with van der Waals surface area (Å²) in [6.07, 6.45) is 1.14. The van der Waals surface area contributed by atoms with E-state index < -0.39 is 0 Å². The molecule has 1 aliphatic heterocycles. The van der Waals surface area contributed by atoms with Crippen LogP contribution >= 0.6 is 12.2 Å². The van der Waals surface area contributed by atoms with Crippen LogP contribution in [-0.4, -0.2) is 16.4 Å². The van der Waals surface area contributed by atoms with Crippen LogP contribution in [0.25, 0.3) is 0 Å². The van der Waals surface area contributed by atoms with Gasteiger partial charge >= 0.3 is 0 Å². The number of thiocarbonyl (C=S) groups is 1. The Bertz CT molecular complexity index is 619. The van der Waals surface area contributed by atoms with Crippen molar-refractivity contribution in [1.29, 1.82) is 0 Å². The lowest BCUT2D eigenvalue weighted by atomic mass is 9.99. The highest BCUT2D eigenvalue weighted by molar-refractivity contribution is 7.80. The Morgan fingerprint density at radius 3 is 2.45 bits per heavy atom. The second-order valence-corrected chi connectivity index (χ2v) is 5.73. The average molecular weight is 282 g/mol. The van der Waals surface area contributed by atoms with Crippen LogP contribution in [0.15, 0.2) is 48.5 Å². The fraction of sp³-hybridized carbons (Fsp3) is 0.235. The summed E-state index contributed by atoms with van der Waals surface area (Å²) < 4.78 is 0. The number of hydrogen-bond acceptors (Lipinski definition) is 2. The van der Waals surface area contributed by atoms with Crippen molar-refractivity contribution in [3.8, 4) is 0 Å². The van der Waals surface area contributed by atoms with Gasteiger partial charge in [-0.25, -0.2) is 0 Å². The first-order valence-electron chi connectivity index (χ1n) is 6.90. The molecule has 2 nitrogen and oxygen atoms in total. The summed E-state index contributed by atoms with van der Waals surface area (Å²) in [5, 5.41) is 0. The van der Waals surface area contributed by atoms with Crippen molar-refractivity contribution in [1.82, 2.24) is 4.90 Å². The largest absolute Gasteiger partial charge is 0.389 e. The quantitative estimate of drug-likeness (QED) is 0.878. The molecule has 0 aliphatic carbocycles. The molecule has 2 N–H and O–H groups in total. The molecule has 0 fully saturated rings. The first-order valence-corrected chi connectivity index (χ1v) is 7.31. The van der Waals surface area contributed by atoms with E-state index >= 15 is 0 Å². The second kappa shape index (κ2) is 5.73. The Morgan fingerprint density at radius 1 is 1.05 bits per heavy atom. The normalized spacial score (nSPS) is 14.8. The van der Waals surface area contributed by atoms with Crippen LogP contribution in [0.4, 0.5) is 0 Å². The third kappa shape index (κ3) is 2.89. The minimum absolute atomic E-state index is 0.462. The van der Waals surface area contributed by atoms with E-state index in [1.807, 2.05) is 12.1 Å². The van der Waals surface area contributed by atoms with Crippen LogP contribution in [0.2, 0.25) is 0 Å². The summed E-state index contributed by atoms with van der Waals surface area (Å²) in [4.78, 5) is 2.95. The molecular formula is C17H18N2S. The molecule has 2 aromatic carbocycles. The van der Waals surface area contributed by atoms with Gasteiger partial charge in [0, 0.05) is 25.2 Å². The van der Waals surface area contributed by atoms with Gasteiger partial charge in [0.15, 0.2) is 0 Å². The maximum absolute atomic E-state index is 5.62. The zero-order valence-electron chi connectivity index (χ0n) is 11.4. The average Bonchev–Trinajstić information content (AvgIpc) is 2.48. The van der Waals surface area contributed by atoms with E-state index in [1.54, 1.807) is 0 Å². The number of benzene rings is 2. The van der Waals surface area contributed by atoms with Gasteiger partial charge in [-0.05, 0) is 23.1 Å². The Hall–Kier alpha value is -1.71. The summed E-state index contributed by atoms with van der Waals surface area (Å²) >= 11 is 4.98. The van der Waals surface area contributed by atoms with Crippen molar-refractivity contribution < 1.29 is 0 Å². The lowest BCUT2D eigenvalue weighted by Crippen LogP contribution is -2.29. The predicted octanol–water partition coefficient (Wildman–Crippen LogP) is 2.88. The Kier molecular flexibility index (Phi) is 3.81. The van der Waals surface area contributed by atoms with Gasteiger partial charge < -0.3 is 5.73 Å². The molecule has 0 amide bonds. The van der Waals surface area contributed by atoms with Gasteiger partial charge in [0.25, 0.3) is 0 Å². The van der Waals surface area contributed by atoms with E-state index in [-0.39, 0.29) is 0 Å². The molecule has 3 rings (SSSR count). The molecule has 0 unspecified atom stereocenters. The molecule has 1 heterocycles. The number of nitrogens with two attached hydrogens (primary N) is 1. The SMILES string of the molecule is NC(=S)c1ccc(CN2CCc3ccccc3C2)cc1. The Balaban J connectivity index is 1.69. The lowest BCUT2D eigenvalue weighted by molar-refractivity contribution is 0.245. The molecular weight excluding hydrogens is 264 g/mol. The topological polar surface area (TPSA) is 29.3 Å². The molecule has 0 radical (unpaired) electrons. The van der Waals surface area contributed by atoms with Crippen molar-refractivity contribution in [3.05, 3.63) is 70.8 Å². The van der Waals surface area contributed by atoms with E-state index in [9.17, 15) is 0 Å². The first kappa shape index (κ1) is 13.3. The van der Waals surface area contributed by atoms with E-state index in [0.29, 0.717) is 4.99 Å². The smallest absolute Gasteiger partial charge is 0.103 e. The fourth-order valence-electron chi connectivity index (χ4n) is 2.72. The van der Waals surface area contributed by atoms with Crippen LogP contribution in [0.3, 0.4) is 0 Å². The number of nitrogens with zero attached hydrogens (tertiary/aromatic N) is 1. The third-order valence-electron chi connectivity index (χ3n) is 3.85. The summed E-state index contributed by atoms with van der Waals surface area (Å²) in [6, 6.07) is 17.0. The fourth-order valence-corrected chi connectivity index (χ4v) is 2.86. The summed E-state index contributed by atoms with van der Waals surface area (Å²) in [5.41, 5.74) is 10.8. The highest BCUT2D eigenvalue weighted by Gasteiger charge is 2.15. The van der Waals surface area contributed by atoms with Crippen molar-refractivity contribution in [3.63, 3.8) is 0 Å².